The number of nitrogens with one attached hydrogen (secondary N) is 1. The summed E-state index contributed by atoms with van der Waals surface area (Å²) in [4.78, 5) is 16.4. The Morgan fingerprint density at radius 3 is 3.00 bits per heavy atom. The summed E-state index contributed by atoms with van der Waals surface area (Å²) in [6, 6.07) is 12.3. The van der Waals surface area contributed by atoms with E-state index in [0.717, 1.165) is 61.9 Å². The second-order valence-electron chi connectivity index (χ2n) is 8.10. The van der Waals surface area contributed by atoms with Gasteiger partial charge in [0.25, 0.3) is 0 Å². The van der Waals surface area contributed by atoms with Gasteiger partial charge >= 0.3 is 0 Å². The average Bonchev–Trinajstić information content (AvgIpc) is 3.48. The number of hydrogen-bond donors (Lipinski definition) is 1. The van der Waals surface area contributed by atoms with Crippen molar-refractivity contribution in [2.75, 3.05) is 37.0 Å². The first-order valence-electron chi connectivity index (χ1n) is 10.7. The Labute approximate surface area is 177 Å². The summed E-state index contributed by atoms with van der Waals surface area (Å²) in [7, 11) is 1.72. The zero-order valence-electron chi connectivity index (χ0n) is 17.3. The number of ether oxygens (including phenoxy) is 1. The van der Waals surface area contributed by atoms with Crippen LogP contribution in [0.2, 0.25) is 0 Å². The Bertz CT molecular complexity index is 1020. The molecule has 2 aromatic heterocycles. The standard InChI is InChI=1S/C24H27N5O/c1-30-20-7-2-6-19(13-20)29-12-10-17(16-29)14-26-24-21-8-3-9-22(21)27-23(28-24)18-5-4-11-25-15-18/h2,4-7,11,13,15,17H,3,8-10,12,14,16H2,1H3,(H,26,27,28). The second-order valence-corrected chi connectivity index (χ2v) is 8.10. The zero-order chi connectivity index (χ0) is 20.3. The van der Waals surface area contributed by atoms with Crippen molar-refractivity contribution in [2.24, 2.45) is 5.92 Å². The lowest BCUT2D eigenvalue weighted by Gasteiger charge is -2.20. The first-order chi connectivity index (χ1) is 14.8. The highest BCUT2D eigenvalue weighted by Gasteiger charge is 2.25. The highest BCUT2D eigenvalue weighted by atomic mass is 16.5. The molecule has 3 heterocycles. The number of aryl methyl sites for hydroxylation is 1. The largest absolute Gasteiger partial charge is 0.497 e. The fourth-order valence-electron chi connectivity index (χ4n) is 4.48. The second kappa shape index (κ2) is 8.30. The quantitative estimate of drug-likeness (QED) is 0.674. The first kappa shape index (κ1) is 18.9. The van der Waals surface area contributed by atoms with Crippen LogP contribution in [-0.2, 0) is 12.8 Å². The van der Waals surface area contributed by atoms with Crippen molar-refractivity contribution in [3.63, 3.8) is 0 Å². The molecular weight excluding hydrogens is 374 g/mol. The number of hydrogen-bond acceptors (Lipinski definition) is 6. The Kier molecular flexibility index (Phi) is 5.22. The van der Waals surface area contributed by atoms with E-state index in [4.69, 9.17) is 14.7 Å². The molecule has 0 radical (unpaired) electrons. The van der Waals surface area contributed by atoms with E-state index in [9.17, 15) is 0 Å². The minimum atomic E-state index is 0.588. The molecule has 2 aliphatic rings. The molecule has 1 unspecified atom stereocenters. The molecule has 1 aliphatic heterocycles. The van der Waals surface area contributed by atoms with Gasteiger partial charge in [-0.1, -0.05) is 6.07 Å². The maximum absolute atomic E-state index is 5.38. The molecule has 3 aromatic rings. The van der Waals surface area contributed by atoms with Crippen molar-refractivity contribution in [3.8, 4) is 17.1 Å². The summed E-state index contributed by atoms with van der Waals surface area (Å²) in [6.07, 6.45) is 8.04. The molecule has 0 saturated carbocycles. The lowest BCUT2D eigenvalue weighted by Crippen LogP contribution is -2.23. The van der Waals surface area contributed by atoms with E-state index in [1.165, 1.54) is 23.4 Å². The Hall–Kier alpha value is -3.15. The van der Waals surface area contributed by atoms with Gasteiger partial charge in [0, 0.05) is 60.6 Å². The first-order valence-corrected chi connectivity index (χ1v) is 10.7. The Morgan fingerprint density at radius 2 is 2.13 bits per heavy atom. The predicted octanol–water partition coefficient (Wildman–Crippen LogP) is 3.97. The average molecular weight is 402 g/mol. The molecule has 154 valence electrons. The van der Waals surface area contributed by atoms with Crippen LogP contribution in [0.15, 0.2) is 48.8 Å². The van der Waals surface area contributed by atoms with Crippen molar-refractivity contribution in [3.05, 3.63) is 60.0 Å². The van der Waals surface area contributed by atoms with Crippen LogP contribution in [0.5, 0.6) is 5.75 Å². The van der Waals surface area contributed by atoms with Crippen LogP contribution in [0.1, 0.15) is 24.1 Å². The predicted molar refractivity (Wildman–Crippen MR) is 119 cm³/mol. The lowest BCUT2D eigenvalue weighted by atomic mass is 10.1. The minimum absolute atomic E-state index is 0.588. The van der Waals surface area contributed by atoms with Gasteiger partial charge in [-0.25, -0.2) is 9.97 Å². The maximum atomic E-state index is 5.38. The highest BCUT2D eigenvalue weighted by Crippen LogP contribution is 2.31. The van der Waals surface area contributed by atoms with Gasteiger partial charge in [-0.15, -0.1) is 0 Å². The number of benzene rings is 1. The van der Waals surface area contributed by atoms with Crippen LogP contribution in [0.4, 0.5) is 11.5 Å². The summed E-state index contributed by atoms with van der Waals surface area (Å²) in [5.74, 6) is 3.28. The van der Waals surface area contributed by atoms with Crippen LogP contribution in [0, 0.1) is 5.92 Å². The van der Waals surface area contributed by atoms with Gasteiger partial charge in [-0.3, -0.25) is 4.98 Å². The minimum Gasteiger partial charge on any atom is -0.497 e. The van der Waals surface area contributed by atoms with Crippen molar-refractivity contribution in [2.45, 2.75) is 25.7 Å². The van der Waals surface area contributed by atoms with Gasteiger partial charge in [0.05, 0.1) is 7.11 Å². The molecule has 6 nitrogen and oxygen atoms in total. The van der Waals surface area contributed by atoms with Crippen molar-refractivity contribution >= 4 is 11.5 Å². The van der Waals surface area contributed by atoms with Gasteiger partial charge in [0.1, 0.15) is 11.6 Å². The molecule has 30 heavy (non-hydrogen) atoms. The fraction of sp³-hybridized carbons (Fsp3) is 0.375. The third-order valence-electron chi connectivity index (χ3n) is 6.12. The van der Waals surface area contributed by atoms with Crippen LogP contribution < -0.4 is 15.0 Å². The SMILES string of the molecule is COc1cccc(N2CCC(CNc3nc(-c4cccnc4)nc4c3CCC4)C2)c1. The van der Waals surface area contributed by atoms with Gasteiger partial charge in [-0.2, -0.15) is 0 Å². The number of methoxy groups -OCH3 is 1. The summed E-state index contributed by atoms with van der Waals surface area (Å²) in [5, 5.41) is 3.67. The van der Waals surface area contributed by atoms with Gasteiger partial charge < -0.3 is 15.0 Å². The zero-order valence-corrected chi connectivity index (χ0v) is 17.3. The normalized spacial score (nSPS) is 17.8. The van der Waals surface area contributed by atoms with Gasteiger partial charge in [0.2, 0.25) is 0 Å². The molecule has 1 aromatic carbocycles. The molecule has 1 atom stereocenters. The monoisotopic (exact) mass is 401 g/mol. The van der Waals surface area contributed by atoms with E-state index in [1.807, 2.05) is 24.4 Å². The number of anilines is 2. The summed E-state index contributed by atoms with van der Waals surface area (Å²) in [6.45, 7) is 3.04. The van der Waals surface area contributed by atoms with E-state index >= 15 is 0 Å². The summed E-state index contributed by atoms with van der Waals surface area (Å²) >= 11 is 0. The van der Waals surface area contributed by atoms with Gasteiger partial charge in [-0.05, 0) is 55.9 Å². The molecule has 6 heteroatoms. The van der Waals surface area contributed by atoms with E-state index in [2.05, 4.69) is 33.4 Å². The number of nitrogens with zero attached hydrogens (tertiary/aromatic N) is 4. The third kappa shape index (κ3) is 3.82. The fourth-order valence-corrected chi connectivity index (χ4v) is 4.48. The van der Waals surface area contributed by atoms with E-state index in [1.54, 1.807) is 13.3 Å². The van der Waals surface area contributed by atoms with Gasteiger partial charge in [0.15, 0.2) is 5.82 Å². The van der Waals surface area contributed by atoms with Crippen LogP contribution >= 0.6 is 0 Å². The van der Waals surface area contributed by atoms with Crippen LogP contribution in [0.3, 0.4) is 0 Å². The molecule has 1 saturated heterocycles. The van der Waals surface area contributed by atoms with Crippen molar-refractivity contribution < 1.29 is 4.74 Å². The number of rotatable bonds is 6. The molecule has 0 spiro atoms. The molecule has 0 amide bonds. The number of pyridine rings is 1. The van der Waals surface area contributed by atoms with Crippen LogP contribution in [0.25, 0.3) is 11.4 Å². The molecule has 5 rings (SSSR count). The van der Waals surface area contributed by atoms with Crippen molar-refractivity contribution in [1.29, 1.82) is 0 Å². The van der Waals surface area contributed by atoms with Crippen molar-refractivity contribution in [1.82, 2.24) is 15.0 Å². The number of aromatic nitrogens is 3. The third-order valence-corrected chi connectivity index (χ3v) is 6.12. The molecule has 1 aliphatic carbocycles. The molecule has 1 fully saturated rings. The van der Waals surface area contributed by atoms with E-state index < -0.39 is 0 Å². The molecule has 0 bridgehead atoms. The summed E-state index contributed by atoms with van der Waals surface area (Å²) in [5.41, 5.74) is 4.69. The van der Waals surface area contributed by atoms with E-state index in [0.29, 0.717) is 5.92 Å². The molecule has 1 N–H and O–H groups in total. The highest BCUT2D eigenvalue weighted by molar-refractivity contribution is 5.60. The smallest absolute Gasteiger partial charge is 0.163 e. The van der Waals surface area contributed by atoms with Crippen LogP contribution in [-0.4, -0.2) is 41.7 Å². The Balaban J connectivity index is 1.29. The molecular formula is C24H27N5O. The number of fused-ring (bicyclic) bond motifs is 1. The lowest BCUT2D eigenvalue weighted by molar-refractivity contribution is 0.415. The maximum Gasteiger partial charge on any atom is 0.163 e. The summed E-state index contributed by atoms with van der Waals surface area (Å²) < 4.78 is 5.38. The Morgan fingerprint density at radius 1 is 1.17 bits per heavy atom. The topological polar surface area (TPSA) is 63.2 Å². The van der Waals surface area contributed by atoms with E-state index in [-0.39, 0.29) is 0 Å².